The minimum absolute atomic E-state index is 0.409. The molecule has 0 radical (unpaired) electrons. The van der Waals surface area contributed by atoms with Gasteiger partial charge in [0.2, 0.25) is 0 Å². The van der Waals surface area contributed by atoms with Crippen LogP contribution in [0, 0.1) is 11.8 Å². The largest absolute Gasteiger partial charge is 0.396 e. The zero-order valence-corrected chi connectivity index (χ0v) is 8.84. The van der Waals surface area contributed by atoms with Crippen molar-refractivity contribution >= 4 is 0 Å². The molecule has 1 aliphatic rings. The minimum atomic E-state index is 0.409. The quantitative estimate of drug-likeness (QED) is 0.644. The minimum Gasteiger partial charge on any atom is -0.396 e. The van der Waals surface area contributed by atoms with Crippen molar-refractivity contribution in [3.63, 3.8) is 0 Å². The van der Waals surface area contributed by atoms with Gasteiger partial charge in [0.25, 0.3) is 0 Å². The molecule has 1 N–H and O–H groups in total. The van der Waals surface area contributed by atoms with Crippen molar-refractivity contribution in [3.8, 4) is 0 Å². The van der Waals surface area contributed by atoms with E-state index in [2.05, 4.69) is 20.8 Å². The van der Waals surface area contributed by atoms with E-state index in [9.17, 15) is 0 Å². The molecule has 1 fully saturated rings. The molecular formula is C11H24O. The average molecular weight is 172 g/mol. The van der Waals surface area contributed by atoms with Crippen LogP contribution in [-0.4, -0.2) is 11.7 Å². The van der Waals surface area contributed by atoms with Crippen LogP contribution in [0.2, 0.25) is 0 Å². The summed E-state index contributed by atoms with van der Waals surface area (Å²) in [5.74, 6) is 1.54. The highest BCUT2D eigenvalue weighted by molar-refractivity contribution is 4.68. The molecule has 1 heteroatoms. The van der Waals surface area contributed by atoms with Crippen LogP contribution >= 0.6 is 0 Å². The number of hydrogen-bond acceptors (Lipinski definition) is 1. The summed E-state index contributed by atoms with van der Waals surface area (Å²) in [4.78, 5) is 0. The molecule has 12 heavy (non-hydrogen) atoms. The van der Waals surface area contributed by atoms with Crippen LogP contribution in [0.25, 0.3) is 0 Å². The lowest BCUT2D eigenvalue weighted by atomic mass is 9.84. The van der Waals surface area contributed by atoms with Crippen molar-refractivity contribution in [3.05, 3.63) is 0 Å². The molecule has 0 saturated heterocycles. The standard InChI is InChI=1S/C8H16O.C3H8/c1-7-2-4-8(6-9)5-3-7;1-3-2/h7-9H,2-6H2,1H3;3H2,1-2H3. The Morgan fingerprint density at radius 1 is 1.08 bits per heavy atom. The Morgan fingerprint density at radius 2 is 1.50 bits per heavy atom. The Labute approximate surface area is 77.2 Å². The summed E-state index contributed by atoms with van der Waals surface area (Å²) in [7, 11) is 0. The molecule has 74 valence electrons. The lowest BCUT2D eigenvalue weighted by Gasteiger charge is -2.23. The molecule has 0 atom stereocenters. The van der Waals surface area contributed by atoms with Gasteiger partial charge in [0, 0.05) is 6.61 Å². The highest BCUT2D eigenvalue weighted by atomic mass is 16.3. The Hall–Kier alpha value is -0.0400. The second-order valence-electron chi connectivity index (χ2n) is 4.02. The zero-order chi connectivity index (χ0) is 9.40. The number of rotatable bonds is 1. The van der Waals surface area contributed by atoms with Crippen LogP contribution < -0.4 is 0 Å². The van der Waals surface area contributed by atoms with E-state index in [0.29, 0.717) is 12.5 Å². The Morgan fingerprint density at radius 3 is 1.83 bits per heavy atom. The molecule has 1 rings (SSSR count). The normalized spacial score (nSPS) is 29.0. The van der Waals surface area contributed by atoms with E-state index in [4.69, 9.17) is 5.11 Å². The fraction of sp³-hybridized carbons (Fsp3) is 1.00. The first-order valence-corrected chi connectivity index (χ1v) is 5.35. The molecule has 0 spiro atoms. The van der Waals surface area contributed by atoms with Crippen molar-refractivity contribution in [1.29, 1.82) is 0 Å². The Bertz CT molecular complexity index is 83.0. The number of aliphatic hydroxyl groups excluding tert-OH is 1. The second-order valence-corrected chi connectivity index (χ2v) is 4.02. The van der Waals surface area contributed by atoms with Crippen molar-refractivity contribution in [2.75, 3.05) is 6.61 Å². The van der Waals surface area contributed by atoms with Gasteiger partial charge >= 0.3 is 0 Å². The van der Waals surface area contributed by atoms with E-state index in [-0.39, 0.29) is 0 Å². The summed E-state index contributed by atoms with van der Waals surface area (Å²) in [6.45, 7) is 6.96. The van der Waals surface area contributed by atoms with Gasteiger partial charge in [-0.2, -0.15) is 0 Å². The van der Waals surface area contributed by atoms with Crippen LogP contribution in [0.4, 0.5) is 0 Å². The molecule has 0 heterocycles. The molecule has 0 unspecified atom stereocenters. The molecule has 1 saturated carbocycles. The number of hydrogen-bond donors (Lipinski definition) is 1. The summed E-state index contributed by atoms with van der Waals surface area (Å²) in [6, 6.07) is 0. The summed E-state index contributed by atoms with van der Waals surface area (Å²) < 4.78 is 0. The maximum absolute atomic E-state index is 8.78. The smallest absolute Gasteiger partial charge is 0.0459 e. The average Bonchev–Trinajstić information content (AvgIpc) is 2.07. The monoisotopic (exact) mass is 172 g/mol. The van der Waals surface area contributed by atoms with Gasteiger partial charge in [-0.25, -0.2) is 0 Å². The van der Waals surface area contributed by atoms with E-state index in [1.165, 1.54) is 32.1 Å². The first-order chi connectivity index (χ1) is 5.74. The summed E-state index contributed by atoms with van der Waals surface area (Å²) in [5, 5.41) is 8.78. The van der Waals surface area contributed by atoms with Crippen molar-refractivity contribution in [2.24, 2.45) is 11.8 Å². The summed E-state index contributed by atoms with van der Waals surface area (Å²) >= 11 is 0. The molecule has 0 aromatic heterocycles. The predicted octanol–water partition coefficient (Wildman–Crippen LogP) is 3.22. The molecule has 0 bridgehead atoms. The van der Waals surface area contributed by atoms with Crippen LogP contribution in [-0.2, 0) is 0 Å². The maximum atomic E-state index is 8.78. The molecule has 1 aliphatic carbocycles. The molecule has 0 aromatic rings. The van der Waals surface area contributed by atoms with E-state index in [1.807, 2.05) is 0 Å². The lowest BCUT2D eigenvalue weighted by Crippen LogP contribution is -2.14. The fourth-order valence-electron chi connectivity index (χ4n) is 1.51. The topological polar surface area (TPSA) is 20.2 Å². The van der Waals surface area contributed by atoms with Gasteiger partial charge < -0.3 is 5.11 Å². The lowest BCUT2D eigenvalue weighted by molar-refractivity contribution is 0.172. The second kappa shape index (κ2) is 7.60. The van der Waals surface area contributed by atoms with Gasteiger partial charge in [-0.1, -0.05) is 40.0 Å². The van der Waals surface area contributed by atoms with Gasteiger partial charge in [-0.05, 0) is 24.7 Å². The van der Waals surface area contributed by atoms with E-state index >= 15 is 0 Å². The third-order valence-electron chi connectivity index (χ3n) is 2.39. The third kappa shape index (κ3) is 5.59. The zero-order valence-electron chi connectivity index (χ0n) is 8.84. The Kier molecular flexibility index (Phi) is 7.58. The SMILES string of the molecule is CC1CCC(CO)CC1.CCC. The maximum Gasteiger partial charge on any atom is 0.0459 e. The van der Waals surface area contributed by atoms with Gasteiger partial charge in [-0.3, -0.25) is 0 Å². The van der Waals surface area contributed by atoms with Crippen LogP contribution in [0.15, 0.2) is 0 Å². The first kappa shape index (κ1) is 12.0. The number of aliphatic hydroxyl groups is 1. The molecule has 0 aliphatic heterocycles. The molecule has 0 aromatic carbocycles. The third-order valence-corrected chi connectivity index (χ3v) is 2.39. The van der Waals surface area contributed by atoms with Crippen molar-refractivity contribution in [1.82, 2.24) is 0 Å². The van der Waals surface area contributed by atoms with E-state index < -0.39 is 0 Å². The predicted molar refractivity (Wildman–Crippen MR) is 54.2 cm³/mol. The van der Waals surface area contributed by atoms with Gasteiger partial charge in [0.1, 0.15) is 0 Å². The van der Waals surface area contributed by atoms with Gasteiger partial charge in [0.05, 0.1) is 0 Å². The highest BCUT2D eigenvalue weighted by Gasteiger charge is 2.16. The highest BCUT2D eigenvalue weighted by Crippen LogP contribution is 2.27. The van der Waals surface area contributed by atoms with Crippen LogP contribution in [0.1, 0.15) is 52.9 Å². The van der Waals surface area contributed by atoms with Crippen molar-refractivity contribution < 1.29 is 5.11 Å². The van der Waals surface area contributed by atoms with Crippen molar-refractivity contribution in [2.45, 2.75) is 52.9 Å². The molecule has 0 amide bonds. The Balaban J connectivity index is 0.000000354. The van der Waals surface area contributed by atoms with Crippen LogP contribution in [0.5, 0.6) is 0 Å². The fourth-order valence-corrected chi connectivity index (χ4v) is 1.51. The summed E-state index contributed by atoms with van der Waals surface area (Å²) in [6.07, 6.45) is 6.39. The van der Waals surface area contributed by atoms with E-state index in [0.717, 1.165) is 5.92 Å². The molecular weight excluding hydrogens is 148 g/mol. The van der Waals surface area contributed by atoms with Gasteiger partial charge in [-0.15, -0.1) is 0 Å². The van der Waals surface area contributed by atoms with E-state index in [1.54, 1.807) is 0 Å². The first-order valence-electron chi connectivity index (χ1n) is 5.35. The van der Waals surface area contributed by atoms with Gasteiger partial charge in [0.15, 0.2) is 0 Å². The molecule has 1 nitrogen and oxygen atoms in total. The van der Waals surface area contributed by atoms with Crippen LogP contribution in [0.3, 0.4) is 0 Å². The summed E-state index contributed by atoms with van der Waals surface area (Å²) in [5.41, 5.74) is 0.